The first-order valence-electron chi connectivity index (χ1n) is 15.2. The van der Waals surface area contributed by atoms with Gasteiger partial charge in [-0.15, -0.1) is 0 Å². The van der Waals surface area contributed by atoms with E-state index in [1.54, 1.807) is 0 Å². The van der Waals surface area contributed by atoms with Crippen LogP contribution in [0.4, 0.5) is 0 Å². The summed E-state index contributed by atoms with van der Waals surface area (Å²) in [7, 11) is 0. The molecule has 0 saturated heterocycles. The van der Waals surface area contributed by atoms with Gasteiger partial charge in [0.15, 0.2) is 0 Å². The van der Waals surface area contributed by atoms with Crippen molar-refractivity contribution in [2.45, 2.75) is 94.9 Å². The normalized spacial score (nSPS) is 21.6. The molecule has 0 radical (unpaired) electrons. The molecule has 0 N–H and O–H groups in total. The molecule has 0 aromatic carbocycles. The Bertz CT molecular complexity index is 1270. The zero-order chi connectivity index (χ0) is 31.5. The minimum absolute atomic E-state index is 0.326. The quantitative estimate of drug-likeness (QED) is 0.247. The van der Waals surface area contributed by atoms with Crippen molar-refractivity contribution in [3.63, 3.8) is 0 Å². The van der Waals surface area contributed by atoms with Crippen LogP contribution in [0.25, 0.3) is 0 Å². The Hall–Kier alpha value is -3.52. The Kier molecular flexibility index (Phi) is 12.9. The molecule has 0 heterocycles. The lowest BCUT2D eigenvalue weighted by molar-refractivity contribution is -0.126. The number of hydrogen-bond acceptors (Lipinski definition) is 2. The summed E-state index contributed by atoms with van der Waals surface area (Å²) < 4.78 is 0. The Balaban J connectivity index is 1.92. The Morgan fingerprint density at radius 3 is 1.17 bits per heavy atom. The smallest absolute Gasteiger partial charge is 0.143 e. The predicted molar refractivity (Wildman–Crippen MR) is 182 cm³/mol. The van der Waals surface area contributed by atoms with Gasteiger partial charge >= 0.3 is 0 Å². The fourth-order valence-electron chi connectivity index (χ4n) is 5.33. The third-order valence-corrected chi connectivity index (χ3v) is 8.41. The summed E-state index contributed by atoms with van der Waals surface area (Å²) in [4.78, 5) is 24.7. The summed E-state index contributed by atoms with van der Waals surface area (Å²) in [5.74, 6) is 0.651. The van der Waals surface area contributed by atoms with Crippen LogP contribution in [0, 0.1) is 10.8 Å². The van der Waals surface area contributed by atoms with Gasteiger partial charge in [-0.25, -0.2) is 0 Å². The van der Waals surface area contributed by atoms with E-state index in [2.05, 4.69) is 127 Å². The average molecular weight is 565 g/mol. The molecule has 2 nitrogen and oxygen atoms in total. The number of carbonyl (C=O) groups is 2. The minimum Gasteiger partial charge on any atom is -0.299 e. The molecule has 0 bridgehead atoms. The van der Waals surface area contributed by atoms with Gasteiger partial charge in [0.2, 0.25) is 0 Å². The number of ketones is 2. The summed E-state index contributed by atoms with van der Waals surface area (Å²) in [6.45, 7) is 20.8. The second kappa shape index (κ2) is 15.6. The first-order chi connectivity index (χ1) is 19.7. The van der Waals surface area contributed by atoms with E-state index in [-0.39, 0.29) is 0 Å². The number of allylic oxidation sites excluding steroid dienone is 22. The first-order valence-corrected chi connectivity index (χ1v) is 15.2. The average Bonchev–Trinajstić information content (AvgIpc) is 2.91. The van der Waals surface area contributed by atoms with Crippen LogP contribution >= 0.6 is 0 Å². The zero-order valence-electron chi connectivity index (χ0n) is 27.7. The van der Waals surface area contributed by atoms with E-state index in [1.165, 1.54) is 11.1 Å². The fraction of sp³-hybridized carbons (Fsp3) is 0.400. The third kappa shape index (κ3) is 10.1. The van der Waals surface area contributed by atoms with Gasteiger partial charge in [-0.05, 0) is 93.2 Å². The van der Waals surface area contributed by atoms with Crippen molar-refractivity contribution in [1.82, 2.24) is 0 Å². The molecule has 0 aliphatic heterocycles. The van der Waals surface area contributed by atoms with Crippen LogP contribution in [0.5, 0.6) is 0 Å². The van der Waals surface area contributed by atoms with Gasteiger partial charge in [0.1, 0.15) is 11.6 Å². The van der Waals surface area contributed by atoms with Crippen molar-refractivity contribution in [2.24, 2.45) is 10.8 Å². The van der Waals surface area contributed by atoms with Crippen molar-refractivity contribution in [2.75, 3.05) is 0 Å². The van der Waals surface area contributed by atoms with E-state index in [0.717, 1.165) is 46.3 Å². The highest BCUT2D eigenvalue weighted by atomic mass is 16.1. The summed E-state index contributed by atoms with van der Waals surface area (Å²) >= 11 is 0. The molecule has 0 saturated carbocycles. The number of rotatable bonds is 10. The predicted octanol–water partition coefficient (Wildman–Crippen LogP) is 11.0. The molecule has 2 heteroatoms. The van der Waals surface area contributed by atoms with E-state index < -0.39 is 10.8 Å². The highest BCUT2D eigenvalue weighted by Gasteiger charge is 2.35. The standard InChI is InChI=1S/C40H52O2/c1-29(17-13-19-31(3)21-25-35-33(5)23-27-37(41)39(35,7)8)15-11-12-16-30(2)18-14-20-32(4)22-26-36-34(6)24-28-38(42)40(36,9)10/h11-22,25-26H,23-24,27-28H2,1-10H3. The van der Waals surface area contributed by atoms with E-state index in [0.29, 0.717) is 24.4 Å². The summed E-state index contributed by atoms with van der Waals surface area (Å²) in [6, 6.07) is 0. The maximum Gasteiger partial charge on any atom is 0.143 e. The van der Waals surface area contributed by atoms with E-state index in [4.69, 9.17) is 0 Å². The maximum absolute atomic E-state index is 12.4. The second-order valence-corrected chi connectivity index (χ2v) is 12.9. The van der Waals surface area contributed by atoms with Crippen molar-refractivity contribution in [3.05, 3.63) is 130 Å². The van der Waals surface area contributed by atoms with Crippen LogP contribution in [0.3, 0.4) is 0 Å². The van der Waals surface area contributed by atoms with E-state index in [1.807, 2.05) is 27.7 Å². The molecule has 224 valence electrons. The molecule has 0 amide bonds. The van der Waals surface area contributed by atoms with Crippen LogP contribution in [-0.4, -0.2) is 11.6 Å². The molecule has 2 rings (SSSR count). The zero-order valence-corrected chi connectivity index (χ0v) is 27.7. The van der Waals surface area contributed by atoms with Gasteiger partial charge < -0.3 is 0 Å². The largest absolute Gasteiger partial charge is 0.299 e. The van der Waals surface area contributed by atoms with Crippen molar-refractivity contribution < 1.29 is 9.59 Å². The highest BCUT2D eigenvalue weighted by Crippen LogP contribution is 2.39. The highest BCUT2D eigenvalue weighted by molar-refractivity contribution is 5.90. The lowest BCUT2D eigenvalue weighted by Crippen LogP contribution is -2.30. The molecule has 0 aromatic heterocycles. The maximum atomic E-state index is 12.4. The van der Waals surface area contributed by atoms with Crippen molar-refractivity contribution in [1.29, 1.82) is 0 Å². The number of Topliss-reactive ketones (excluding diaryl/α,β-unsaturated/α-hetero) is 2. The molecule has 0 spiro atoms. The Morgan fingerprint density at radius 2 is 0.810 bits per heavy atom. The topological polar surface area (TPSA) is 34.1 Å². The molecule has 42 heavy (non-hydrogen) atoms. The Labute approximate surface area is 256 Å². The van der Waals surface area contributed by atoms with Gasteiger partial charge in [-0.2, -0.15) is 0 Å². The molecular weight excluding hydrogens is 512 g/mol. The van der Waals surface area contributed by atoms with Gasteiger partial charge in [0.25, 0.3) is 0 Å². The summed E-state index contributed by atoms with van der Waals surface area (Å²) in [5.41, 5.74) is 8.76. The van der Waals surface area contributed by atoms with Gasteiger partial charge in [0, 0.05) is 23.7 Å². The van der Waals surface area contributed by atoms with Crippen LogP contribution in [-0.2, 0) is 9.59 Å². The number of carbonyl (C=O) groups excluding carboxylic acids is 2. The lowest BCUT2D eigenvalue weighted by Gasteiger charge is -2.31. The minimum atomic E-state index is -0.400. The van der Waals surface area contributed by atoms with Crippen LogP contribution in [0.15, 0.2) is 130 Å². The second-order valence-electron chi connectivity index (χ2n) is 12.9. The molecule has 0 atom stereocenters. The van der Waals surface area contributed by atoms with E-state index in [9.17, 15) is 9.59 Å². The van der Waals surface area contributed by atoms with Gasteiger partial charge in [0.05, 0.1) is 0 Å². The van der Waals surface area contributed by atoms with Crippen LogP contribution < -0.4 is 0 Å². The summed E-state index contributed by atoms with van der Waals surface area (Å²) in [5, 5.41) is 0. The molecule has 0 aromatic rings. The third-order valence-electron chi connectivity index (χ3n) is 8.41. The molecule has 2 aliphatic rings. The molecule has 2 aliphatic carbocycles. The van der Waals surface area contributed by atoms with E-state index >= 15 is 0 Å². The molecule has 0 unspecified atom stereocenters. The SMILES string of the molecule is CC(C=CC=C(C)C=CC1=C(C)CCC(=O)C1(C)C)=CC=CC=C(C)C=CC=C(C)C=CC1=C(C)CCC(=O)C1(C)C. The number of hydrogen-bond donors (Lipinski definition) is 0. The first kappa shape index (κ1) is 34.7. The van der Waals surface area contributed by atoms with Crippen LogP contribution in [0.2, 0.25) is 0 Å². The van der Waals surface area contributed by atoms with Crippen molar-refractivity contribution >= 4 is 11.6 Å². The molecular formula is C40H52O2. The Morgan fingerprint density at radius 1 is 0.500 bits per heavy atom. The summed E-state index contributed by atoms with van der Waals surface area (Å²) in [6.07, 6.45) is 32.3. The van der Waals surface area contributed by atoms with Gasteiger partial charge in [-0.3, -0.25) is 9.59 Å². The van der Waals surface area contributed by atoms with Gasteiger partial charge in [-0.1, -0.05) is 119 Å². The van der Waals surface area contributed by atoms with Crippen molar-refractivity contribution in [3.8, 4) is 0 Å². The molecule has 0 fully saturated rings. The fourth-order valence-corrected chi connectivity index (χ4v) is 5.33. The monoisotopic (exact) mass is 564 g/mol. The lowest BCUT2D eigenvalue weighted by atomic mass is 9.71. The van der Waals surface area contributed by atoms with Crippen LogP contribution in [0.1, 0.15) is 94.9 Å².